The molecule has 1 aliphatic carbocycles. The third-order valence-electron chi connectivity index (χ3n) is 9.10. The fourth-order valence-corrected chi connectivity index (χ4v) is 8.65. The van der Waals surface area contributed by atoms with Crippen LogP contribution in [-0.2, 0) is 40.8 Å². The summed E-state index contributed by atoms with van der Waals surface area (Å²) in [5, 5.41) is 25.4. The lowest BCUT2D eigenvalue weighted by Crippen LogP contribution is -2.44. The average molecular weight is 640 g/mol. The van der Waals surface area contributed by atoms with Gasteiger partial charge in [0, 0.05) is 38.0 Å². The number of hydrogen-bond donors (Lipinski definition) is 3. The number of carbonyl (C=O) groups is 1. The Morgan fingerprint density at radius 3 is 2.09 bits per heavy atom. The first-order chi connectivity index (χ1) is 22.3. The van der Waals surface area contributed by atoms with Gasteiger partial charge in [0.05, 0.1) is 18.2 Å². The number of aliphatic hydroxyl groups excluding tert-OH is 2. The number of amides is 1. The van der Waals surface area contributed by atoms with E-state index in [1.54, 1.807) is 0 Å². The van der Waals surface area contributed by atoms with Gasteiger partial charge in [-0.2, -0.15) is 17.0 Å². The van der Waals surface area contributed by atoms with Crippen molar-refractivity contribution in [3.8, 4) is 0 Å². The molecule has 1 heterocycles. The van der Waals surface area contributed by atoms with Gasteiger partial charge in [0.25, 0.3) is 10.2 Å². The molecular weight excluding hydrogens is 598 g/mol. The van der Waals surface area contributed by atoms with Gasteiger partial charge in [-0.05, 0) is 47.1 Å². The van der Waals surface area contributed by atoms with Gasteiger partial charge in [-0.3, -0.25) is 4.79 Å². The van der Waals surface area contributed by atoms with Crippen LogP contribution in [0, 0.1) is 5.92 Å². The maximum atomic E-state index is 14.0. The van der Waals surface area contributed by atoms with E-state index in [0.29, 0.717) is 25.8 Å². The number of β-amino-alcohol motifs (C(OH)–C–C–N with tert-alkyl or cyclic N) is 1. The molecule has 0 aromatic heterocycles. The lowest BCUT2D eigenvalue weighted by molar-refractivity contribution is -0.127. The normalized spacial score (nSPS) is 22.3. The first-order valence-electron chi connectivity index (χ1n) is 15.9. The third kappa shape index (κ3) is 7.40. The maximum absolute atomic E-state index is 14.0. The first-order valence-corrected chi connectivity index (χ1v) is 17.3. The first kappa shape index (κ1) is 32.1. The number of rotatable bonds is 12. The SMILES string of the molecule is O=C(N[C@H]1c2ccccc2C[C@H]1O)[C@@H](Cc1ccccc1)C[C@H](O)CN1[C@@H](Cc2ccccc2)CN(Cc2ccccc2)S1(=O)=O. The van der Waals surface area contributed by atoms with Crippen molar-refractivity contribution in [3.63, 3.8) is 0 Å². The molecule has 6 rings (SSSR count). The molecule has 46 heavy (non-hydrogen) atoms. The van der Waals surface area contributed by atoms with E-state index in [-0.39, 0.29) is 31.5 Å². The number of aliphatic hydroxyl groups is 2. The zero-order valence-corrected chi connectivity index (χ0v) is 26.5. The van der Waals surface area contributed by atoms with E-state index in [1.165, 1.54) is 8.61 Å². The molecule has 1 fully saturated rings. The summed E-state index contributed by atoms with van der Waals surface area (Å²) < 4.78 is 30.8. The Balaban J connectivity index is 1.21. The highest BCUT2D eigenvalue weighted by molar-refractivity contribution is 7.87. The van der Waals surface area contributed by atoms with Crippen LogP contribution in [0.5, 0.6) is 0 Å². The van der Waals surface area contributed by atoms with Crippen LogP contribution in [0.25, 0.3) is 0 Å². The molecule has 1 amide bonds. The number of benzene rings is 4. The second-order valence-corrected chi connectivity index (χ2v) is 14.3. The summed E-state index contributed by atoms with van der Waals surface area (Å²) in [4.78, 5) is 13.8. The van der Waals surface area contributed by atoms with E-state index in [9.17, 15) is 23.4 Å². The van der Waals surface area contributed by atoms with Crippen LogP contribution in [0.3, 0.4) is 0 Å². The van der Waals surface area contributed by atoms with Crippen molar-refractivity contribution < 1.29 is 23.4 Å². The minimum atomic E-state index is -3.89. The Labute approximate surface area is 271 Å². The van der Waals surface area contributed by atoms with Gasteiger partial charge in [0.1, 0.15) is 0 Å². The standard InChI is InChI=1S/C37H41N3O5S/c41-33(22-31(20-27-12-4-1-5-13-27)37(43)38-36-34-19-11-10-18-30(34)23-35(36)42)26-40-32(21-28-14-6-2-7-15-28)25-39(46(40,44)45)24-29-16-8-3-9-17-29/h1-19,31-33,35-36,41-42H,20-26H2,(H,38,43)/t31-,32-,33-,35+,36-/m0/s1. The second kappa shape index (κ2) is 14.3. The monoisotopic (exact) mass is 639 g/mol. The molecule has 4 aromatic carbocycles. The molecule has 240 valence electrons. The highest BCUT2D eigenvalue weighted by Gasteiger charge is 2.45. The second-order valence-electron chi connectivity index (χ2n) is 12.4. The third-order valence-corrected chi connectivity index (χ3v) is 11.1. The molecule has 1 aliphatic heterocycles. The minimum Gasteiger partial charge on any atom is -0.392 e. The Morgan fingerprint density at radius 2 is 1.41 bits per heavy atom. The van der Waals surface area contributed by atoms with Gasteiger partial charge in [0.2, 0.25) is 5.91 Å². The van der Waals surface area contributed by atoms with E-state index in [4.69, 9.17) is 0 Å². The Kier molecular flexibility index (Phi) is 9.96. The van der Waals surface area contributed by atoms with Gasteiger partial charge in [-0.1, -0.05) is 115 Å². The molecule has 3 N–H and O–H groups in total. The number of hydrogen-bond acceptors (Lipinski definition) is 5. The summed E-state index contributed by atoms with van der Waals surface area (Å²) in [5.41, 5.74) is 4.74. The smallest absolute Gasteiger partial charge is 0.282 e. The van der Waals surface area contributed by atoms with Crippen molar-refractivity contribution >= 4 is 16.1 Å². The maximum Gasteiger partial charge on any atom is 0.282 e. The van der Waals surface area contributed by atoms with Gasteiger partial charge in [-0.25, -0.2) is 0 Å². The number of fused-ring (bicyclic) bond motifs is 1. The summed E-state index contributed by atoms with van der Waals surface area (Å²) in [5.74, 6) is -0.921. The molecule has 5 atom stereocenters. The highest BCUT2D eigenvalue weighted by Crippen LogP contribution is 2.32. The quantitative estimate of drug-likeness (QED) is 0.217. The van der Waals surface area contributed by atoms with Crippen LogP contribution in [0.1, 0.15) is 40.3 Å². The van der Waals surface area contributed by atoms with E-state index in [1.807, 2.05) is 115 Å². The molecule has 8 nitrogen and oxygen atoms in total. The number of nitrogens with one attached hydrogen (secondary N) is 1. The van der Waals surface area contributed by atoms with Gasteiger partial charge in [-0.15, -0.1) is 0 Å². The fraction of sp³-hybridized carbons (Fsp3) is 0.324. The Morgan fingerprint density at radius 1 is 0.826 bits per heavy atom. The average Bonchev–Trinajstić information content (AvgIpc) is 3.49. The van der Waals surface area contributed by atoms with E-state index in [0.717, 1.165) is 27.8 Å². The van der Waals surface area contributed by atoms with Gasteiger partial charge >= 0.3 is 0 Å². The molecule has 4 aromatic rings. The van der Waals surface area contributed by atoms with Crippen molar-refractivity contribution in [2.24, 2.45) is 5.92 Å². The lowest BCUT2D eigenvalue weighted by Gasteiger charge is -2.28. The molecule has 2 aliphatic rings. The summed E-state index contributed by atoms with van der Waals surface area (Å²) in [6, 6.07) is 35.6. The number of carbonyl (C=O) groups excluding carboxylic acids is 1. The number of nitrogens with zero attached hydrogens (tertiary/aromatic N) is 2. The molecule has 1 saturated heterocycles. The van der Waals surface area contributed by atoms with Crippen molar-refractivity contribution in [2.75, 3.05) is 13.1 Å². The Bertz CT molecular complexity index is 1710. The van der Waals surface area contributed by atoms with Crippen LogP contribution >= 0.6 is 0 Å². The van der Waals surface area contributed by atoms with Crippen LogP contribution in [0.4, 0.5) is 0 Å². The van der Waals surface area contributed by atoms with Crippen molar-refractivity contribution in [1.29, 1.82) is 0 Å². The summed E-state index contributed by atoms with van der Waals surface area (Å²) >= 11 is 0. The summed E-state index contributed by atoms with van der Waals surface area (Å²) in [6.45, 7) is 0.412. The predicted octanol–water partition coefficient (Wildman–Crippen LogP) is 4.04. The van der Waals surface area contributed by atoms with E-state index in [2.05, 4.69) is 5.32 Å². The zero-order valence-electron chi connectivity index (χ0n) is 25.7. The van der Waals surface area contributed by atoms with Crippen molar-refractivity contribution in [1.82, 2.24) is 13.9 Å². The predicted molar refractivity (Wildman–Crippen MR) is 178 cm³/mol. The molecule has 0 saturated carbocycles. The van der Waals surface area contributed by atoms with Crippen LogP contribution in [-0.4, -0.2) is 64.5 Å². The molecule has 0 radical (unpaired) electrons. The fourth-order valence-electron chi connectivity index (χ4n) is 6.80. The Hall–Kier alpha value is -3.86. The zero-order chi connectivity index (χ0) is 32.1. The molecule has 0 bridgehead atoms. The molecule has 0 unspecified atom stereocenters. The van der Waals surface area contributed by atoms with Crippen molar-refractivity contribution in [3.05, 3.63) is 143 Å². The molecule has 9 heteroatoms. The van der Waals surface area contributed by atoms with Crippen LogP contribution < -0.4 is 5.32 Å². The van der Waals surface area contributed by atoms with E-state index < -0.39 is 34.4 Å². The molecule has 0 spiro atoms. The van der Waals surface area contributed by atoms with Crippen LogP contribution in [0.15, 0.2) is 115 Å². The van der Waals surface area contributed by atoms with Crippen molar-refractivity contribution in [2.45, 2.75) is 56.5 Å². The summed E-state index contributed by atoms with van der Waals surface area (Å²) in [7, 11) is -3.89. The molecular formula is C37H41N3O5S. The topological polar surface area (TPSA) is 110 Å². The lowest BCUT2D eigenvalue weighted by atomic mass is 9.92. The summed E-state index contributed by atoms with van der Waals surface area (Å²) in [6.07, 6.45) is -0.437. The largest absolute Gasteiger partial charge is 0.392 e. The highest BCUT2D eigenvalue weighted by atomic mass is 32.2. The van der Waals surface area contributed by atoms with E-state index >= 15 is 0 Å². The van der Waals surface area contributed by atoms with Gasteiger partial charge in [0.15, 0.2) is 0 Å². The van der Waals surface area contributed by atoms with Crippen LogP contribution in [0.2, 0.25) is 0 Å². The minimum absolute atomic E-state index is 0.0634. The van der Waals surface area contributed by atoms with Gasteiger partial charge < -0.3 is 15.5 Å².